The number of hydrogen-bond donors (Lipinski definition) is 1. The lowest BCUT2D eigenvalue weighted by molar-refractivity contribution is -0.147. The molecule has 0 radical (unpaired) electrons. The van der Waals surface area contributed by atoms with Crippen LogP contribution in [-0.2, 0) is 19.4 Å². The van der Waals surface area contributed by atoms with Crippen molar-refractivity contribution >= 4 is 15.8 Å². The number of hydrogen-bond acceptors (Lipinski definition) is 5. The first kappa shape index (κ1) is 14.4. The van der Waals surface area contributed by atoms with Crippen molar-refractivity contribution in [3.63, 3.8) is 0 Å². The lowest BCUT2D eigenvalue weighted by Crippen LogP contribution is -2.31. The SMILES string of the molecule is CCOC(=O)C(C)CNCC1CCS(=O)(=O)C1. The quantitative estimate of drug-likeness (QED) is 0.694. The van der Waals surface area contributed by atoms with Gasteiger partial charge in [0.2, 0.25) is 0 Å². The average Bonchev–Trinajstić information content (AvgIpc) is 2.58. The smallest absolute Gasteiger partial charge is 0.309 e. The van der Waals surface area contributed by atoms with Crippen LogP contribution in [0.1, 0.15) is 20.3 Å². The largest absolute Gasteiger partial charge is 0.466 e. The van der Waals surface area contributed by atoms with E-state index < -0.39 is 9.84 Å². The summed E-state index contributed by atoms with van der Waals surface area (Å²) < 4.78 is 27.3. The molecule has 1 saturated heterocycles. The second kappa shape index (κ2) is 6.35. The van der Waals surface area contributed by atoms with E-state index in [1.54, 1.807) is 13.8 Å². The number of nitrogens with one attached hydrogen (secondary N) is 1. The summed E-state index contributed by atoms with van der Waals surface area (Å²) >= 11 is 0. The van der Waals surface area contributed by atoms with E-state index in [9.17, 15) is 13.2 Å². The van der Waals surface area contributed by atoms with Gasteiger partial charge < -0.3 is 10.1 Å². The first-order chi connectivity index (χ1) is 7.94. The van der Waals surface area contributed by atoms with Crippen LogP contribution >= 0.6 is 0 Å². The van der Waals surface area contributed by atoms with Crippen LogP contribution in [0.5, 0.6) is 0 Å². The number of rotatable bonds is 6. The summed E-state index contributed by atoms with van der Waals surface area (Å²) in [7, 11) is -2.80. The minimum atomic E-state index is -2.80. The van der Waals surface area contributed by atoms with Gasteiger partial charge in [-0.25, -0.2) is 8.42 Å². The molecule has 2 atom stereocenters. The molecule has 0 amide bonds. The standard InChI is InChI=1S/C11H21NO4S/c1-3-16-11(13)9(2)6-12-7-10-4-5-17(14,15)8-10/h9-10,12H,3-8H2,1-2H3. The fraction of sp³-hybridized carbons (Fsp3) is 0.909. The van der Waals surface area contributed by atoms with Gasteiger partial charge in [-0.1, -0.05) is 6.92 Å². The molecule has 0 bridgehead atoms. The van der Waals surface area contributed by atoms with Crippen LogP contribution in [0.15, 0.2) is 0 Å². The Hall–Kier alpha value is -0.620. The molecule has 0 aliphatic carbocycles. The van der Waals surface area contributed by atoms with Crippen LogP contribution in [0.4, 0.5) is 0 Å². The highest BCUT2D eigenvalue weighted by Crippen LogP contribution is 2.17. The lowest BCUT2D eigenvalue weighted by Gasteiger charge is -2.13. The Morgan fingerprint density at radius 3 is 2.76 bits per heavy atom. The molecule has 1 fully saturated rings. The fourth-order valence-electron chi connectivity index (χ4n) is 1.90. The Labute approximate surface area is 103 Å². The molecule has 1 rings (SSSR count). The lowest BCUT2D eigenvalue weighted by atomic mass is 10.1. The Morgan fingerprint density at radius 1 is 1.53 bits per heavy atom. The number of ether oxygens (including phenoxy) is 1. The number of carbonyl (C=O) groups excluding carboxylic acids is 1. The summed E-state index contributed by atoms with van der Waals surface area (Å²) in [5.41, 5.74) is 0. The monoisotopic (exact) mass is 263 g/mol. The molecule has 6 heteroatoms. The van der Waals surface area contributed by atoms with Gasteiger partial charge in [-0.3, -0.25) is 4.79 Å². The van der Waals surface area contributed by atoms with Crippen molar-refractivity contribution in [1.29, 1.82) is 0 Å². The molecule has 1 aliphatic rings. The molecule has 1 N–H and O–H groups in total. The second-order valence-electron chi connectivity index (χ2n) is 4.58. The minimum Gasteiger partial charge on any atom is -0.466 e. The predicted molar refractivity (Wildman–Crippen MR) is 65.4 cm³/mol. The zero-order valence-electron chi connectivity index (χ0n) is 10.4. The van der Waals surface area contributed by atoms with Gasteiger partial charge in [0.1, 0.15) is 0 Å². The molecular weight excluding hydrogens is 242 g/mol. The minimum absolute atomic E-state index is 0.187. The molecule has 5 nitrogen and oxygen atoms in total. The summed E-state index contributed by atoms with van der Waals surface area (Å²) in [6.45, 7) is 5.17. The molecule has 100 valence electrons. The third kappa shape index (κ3) is 5.04. The molecule has 2 unspecified atom stereocenters. The highest BCUT2D eigenvalue weighted by atomic mass is 32.2. The van der Waals surface area contributed by atoms with Gasteiger partial charge in [0.25, 0.3) is 0 Å². The molecule has 0 aromatic rings. The Bertz CT molecular complexity index is 352. The van der Waals surface area contributed by atoms with Gasteiger partial charge >= 0.3 is 5.97 Å². The van der Waals surface area contributed by atoms with E-state index in [0.29, 0.717) is 25.4 Å². The molecule has 1 aliphatic heterocycles. The number of carbonyl (C=O) groups is 1. The van der Waals surface area contributed by atoms with Crippen molar-refractivity contribution in [2.45, 2.75) is 20.3 Å². The van der Waals surface area contributed by atoms with Gasteiger partial charge in [-0.2, -0.15) is 0 Å². The van der Waals surface area contributed by atoms with Crippen LogP contribution in [0.2, 0.25) is 0 Å². The highest BCUT2D eigenvalue weighted by Gasteiger charge is 2.27. The Kier molecular flexibility index (Phi) is 5.39. The van der Waals surface area contributed by atoms with E-state index in [2.05, 4.69) is 5.32 Å². The second-order valence-corrected chi connectivity index (χ2v) is 6.81. The molecule has 0 saturated carbocycles. The van der Waals surface area contributed by atoms with Gasteiger partial charge in [-0.15, -0.1) is 0 Å². The van der Waals surface area contributed by atoms with Crippen molar-refractivity contribution in [2.75, 3.05) is 31.2 Å². The van der Waals surface area contributed by atoms with E-state index in [4.69, 9.17) is 4.74 Å². The molecule has 0 aromatic carbocycles. The Balaban J connectivity index is 2.18. The highest BCUT2D eigenvalue weighted by molar-refractivity contribution is 7.91. The van der Waals surface area contributed by atoms with E-state index in [1.165, 1.54) is 0 Å². The summed E-state index contributed by atoms with van der Waals surface area (Å²) in [6, 6.07) is 0. The van der Waals surface area contributed by atoms with Crippen molar-refractivity contribution in [3.8, 4) is 0 Å². The van der Waals surface area contributed by atoms with Crippen LogP contribution in [0.25, 0.3) is 0 Å². The molecule has 17 heavy (non-hydrogen) atoms. The zero-order valence-corrected chi connectivity index (χ0v) is 11.3. The topological polar surface area (TPSA) is 72.5 Å². The summed E-state index contributed by atoms with van der Waals surface area (Å²) in [5, 5.41) is 3.14. The maximum absolute atomic E-state index is 11.3. The number of sulfone groups is 1. The third-order valence-electron chi connectivity index (χ3n) is 2.90. The van der Waals surface area contributed by atoms with Gasteiger partial charge in [-0.05, 0) is 25.8 Å². The van der Waals surface area contributed by atoms with E-state index >= 15 is 0 Å². The van der Waals surface area contributed by atoms with Crippen molar-refractivity contribution in [2.24, 2.45) is 11.8 Å². The van der Waals surface area contributed by atoms with E-state index in [0.717, 1.165) is 6.42 Å². The zero-order chi connectivity index (χ0) is 12.9. The maximum atomic E-state index is 11.3. The normalized spacial score (nSPS) is 24.5. The number of esters is 1. The van der Waals surface area contributed by atoms with Crippen LogP contribution < -0.4 is 5.32 Å². The predicted octanol–water partition coefficient (Wildman–Crippen LogP) is 0.210. The third-order valence-corrected chi connectivity index (χ3v) is 4.74. The van der Waals surface area contributed by atoms with Crippen molar-refractivity contribution in [3.05, 3.63) is 0 Å². The summed E-state index contributed by atoms with van der Waals surface area (Å²) in [6.07, 6.45) is 0.725. The van der Waals surface area contributed by atoms with Gasteiger partial charge in [0, 0.05) is 6.54 Å². The van der Waals surface area contributed by atoms with E-state index in [1.807, 2.05) is 0 Å². The summed E-state index contributed by atoms with van der Waals surface area (Å²) in [5.74, 6) is 0.363. The van der Waals surface area contributed by atoms with Crippen LogP contribution in [0.3, 0.4) is 0 Å². The maximum Gasteiger partial charge on any atom is 0.309 e. The van der Waals surface area contributed by atoms with Crippen molar-refractivity contribution in [1.82, 2.24) is 5.32 Å². The molecule has 0 aromatic heterocycles. The summed E-state index contributed by atoms with van der Waals surface area (Å²) in [4.78, 5) is 11.3. The molecule has 1 heterocycles. The van der Waals surface area contributed by atoms with Crippen LogP contribution in [-0.4, -0.2) is 45.6 Å². The van der Waals surface area contributed by atoms with E-state index in [-0.39, 0.29) is 23.6 Å². The van der Waals surface area contributed by atoms with Crippen LogP contribution in [0, 0.1) is 11.8 Å². The molecular formula is C11H21NO4S. The van der Waals surface area contributed by atoms with Gasteiger partial charge in [0.15, 0.2) is 9.84 Å². The first-order valence-electron chi connectivity index (χ1n) is 6.02. The van der Waals surface area contributed by atoms with Crippen molar-refractivity contribution < 1.29 is 17.9 Å². The van der Waals surface area contributed by atoms with Gasteiger partial charge in [0.05, 0.1) is 24.0 Å². The fourth-order valence-corrected chi connectivity index (χ4v) is 3.77. The Morgan fingerprint density at radius 2 is 2.24 bits per heavy atom. The molecule has 0 spiro atoms. The average molecular weight is 263 g/mol. The first-order valence-corrected chi connectivity index (χ1v) is 7.84.